The summed E-state index contributed by atoms with van der Waals surface area (Å²) in [5.41, 5.74) is -2.30. The molecule has 168 valence electrons. The Labute approximate surface area is 192 Å². The predicted octanol–water partition coefficient (Wildman–Crippen LogP) is 0.930. The van der Waals surface area contributed by atoms with Crippen LogP contribution < -0.4 is 17.0 Å². The van der Waals surface area contributed by atoms with Gasteiger partial charge in [-0.2, -0.15) is 0 Å². The second kappa shape index (κ2) is 9.18. The van der Waals surface area contributed by atoms with Crippen LogP contribution >= 0.6 is 0 Å². The smallest absolute Gasteiger partial charge is 0.347 e. The van der Waals surface area contributed by atoms with Crippen LogP contribution in [-0.2, 0) is 15.1 Å². The van der Waals surface area contributed by atoms with E-state index in [0.29, 0.717) is 12.8 Å². The fraction of sp³-hybridized carbons (Fsp3) is 0.375. The van der Waals surface area contributed by atoms with Gasteiger partial charge in [0, 0.05) is 24.0 Å². The number of hydrogen-bond donors (Lipinski definition) is 1. The van der Waals surface area contributed by atoms with Crippen molar-refractivity contribution in [2.45, 2.75) is 44.1 Å². The van der Waals surface area contributed by atoms with Crippen LogP contribution in [0.25, 0.3) is 0 Å². The van der Waals surface area contributed by atoms with Crippen LogP contribution in [0.5, 0.6) is 0 Å². The van der Waals surface area contributed by atoms with E-state index in [1.165, 1.54) is 36.4 Å². The SMILES string of the molecule is C.C[N+]1(C)C2C=C[C@@H]1CC(OC(=O)C(O)(c1cccc(F)c1)c1cccc(F)c1)C2.[Br-]. The zero-order chi connectivity index (χ0) is 20.8. The molecule has 2 aliphatic heterocycles. The number of carbonyl (C=O) groups excluding carboxylic acids is 1. The highest BCUT2D eigenvalue weighted by Gasteiger charge is 2.49. The van der Waals surface area contributed by atoms with E-state index in [1.807, 2.05) is 0 Å². The molecule has 1 saturated heterocycles. The second-order valence-corrected chi connectivity index (χ2v) is 8.38. The Morgan fingerprint density at radius 1 is 1.00 bits per heavy atom. The Balaban J connectivity index is 0.00000171. The Hall–Kier alpha value is -2.09. The van der Waals surface area contributed by atoms with E-state index >= 15 is 0 Å². The number of hydrogen-bond acceptors (Lipinski definition) is 3. The molecule has 4 nitrogen and oxygen atoms in total. The molecule has 0 saturated carbocycles. The molecule has 2 bridgehead atoms. The van der Waals surface area contributed by atoms with Crippen molar-refractivity contribution in [3.8, 4) is 0 Å². The standard InChI is InChI=1S/C23H24F2NO3.CH4.BrH/c1-26(2)19-9-10-20(26)14-21(13-19)29-22(27)23(28,15-5-3-7-17(24)11-15)16-6-4-8-18(25)12-16;;/h3-12,19-21,28H,13-14H2,1-2H3;1H4;1H/q+1;;/p-1/t19-,20?,21?;;/m1../s1. The van der Waals surface area contributed by atoms with E-state index in [2.05, 4.69) is 26.2 Å². The highest BCUT2D eigenvalue weighted by atomic mass is 79.9. The third-order valence-electron chi connectivity index (χ3n) is 6.33. The molecule has 0 amide bonds. The lowest BCUT2D eigenvalue weighted by molar-refractivity contribution is -0.926. The van der Waals surface area contributed by atoms with Crippen LogP contribution in [0.1, 0.15) is 31.4 Å². The summed E-state index contributed by atoms with van der Waals surface area (Å²) < 4.78 is 34.3. The maximum absolute atomic E-state index is 13.9. The fourth-order valence-electron chi connectivity index (χ4n) is 4.44. The minimum absolute atomic E-state index is 0. The second-order valence-electron chi connectivity index (χ2n) is 8.38. The number of nitrogens with zero attached hydrogens (tertiary/aromatic N) is 1. The Kier molecular flexibility index (Phi) is 7.46. The van der Waals surface area contributed by atoms with E-state index in [9.17, 15) is 18.7 Å². The van der Waals surface area contributed by atoms with E-state index in [-0.39, 0.29) is 53.7 Å². The third kappa shape index (κ3) is 4.45. The quantitative estimate of drug-likeness (QED) is 0.390. The molecular formula is C24H28BrF2NO3. The maximum atomic E-state index is 13.9. The lowest BCUT2D eigenvalue weighted by atomic mass is 9.86. The van der Waals surface area contributed by atoms with Crippen LogP contribution in [0.2, 0.25) is 0 Å². The van der Waals surface area contributed by atoms with Gasteiger partial charge < -0.3 is 31.3 Å². The number of fused-ring (bicyclic) bond motifs is 2. The fourth-order valence-corrected chi connectivity index (χ4v) is 4.44. The number of rotatable bonds is 4. The van der Waals surface area contributed by atoms with Gasteiger partial charge in [0.15, 0.2) is 0 Å². The number of quaternary nitrogens is 1. The molecule has 0 spiro atoms. The van der Waals surface area contributed by atoms with E-state index in [4.69, 9.17) is 4.74 Å². The van der Waals surface area contributed by atoms with E-state index in [0.717, 1.165) is 16.6 Å². The summed E-state index contributed by atoms with van der Waals surface area (Å²) in [4.78, 5) is 13.2. The van der Waals surface area contributed by atoms with Crippen molar-refractivity contribution in [1.29, 1.82) is 0 Å². The number of halogens is 3. The van der Waals surface area contributed by atoms with Gasteiger partial charge in [0.2, 0.25) is 5.60 Å². The molecule has 3 atom stereocenters. The molecule has 2 aromatic rings. The third-order valence-corrected chi connectivity index (χ3v) is 6.33. The molecule has 1 fully saturated rings. The maximum Gasteiger partial charge on any atom is 0.347 e. The van der Waals surface area contributed by atoms with Crippen molar-refractivity contribution < 1.29 is 44.9 Å². The van der Waals surface area contributed by atoms with Gasteiger partial charge >= 0.3 is 5.97 Å². The molecule has 7 heteroatoms. The topological polar surface area (TPSA) is 46.5 Å². The average Bonchev–Trinajstić information content (AvgIpc) is 2.84. The van der Waals surface area contributed by atoms with Gasteiger partial charge in [-0.05, 0) is 36.4 Å². The summed E-state index contributed by atoms with van der Waals surface area (Å²) in [6.07, 6.45) is 5.17. The predicted molar refractivity (Wildman–Crippen MR) is 110 cm³/mol. The van der Waals surface area contributed by atoms with Gasteiger partial charge in [-0.1, -0.05) is 31.7 Å². The minimum atomic E-state index is -2.31. The Bertz CT molecular complexity index is 915. The minimum Gasteiger partial charge on any atom is -1.00 e. The van der Waals surface area contributed by atoms with Gasteiger partial charge in [-0.25, -0.2) is 13.6 Å². The summed E-state index contributed by atoms with van der Waals surface area (Å²) in [6, 6.07) is 10.7. The van der Waals surface area contributed by atoms with Crippen LogP contribution in [0.15, 0.2) is 60.7 Å². The molecule has 0 radical (unpaired) electrons. The zero-order valence-electron chi connectivity index (χ0n) is 16.8. The summed E-state index contributed by atoms with van der Waals surface area (Å²) in [5.74, 6) is -2.14. The van der Waals surface area contributed by atoms with Gasteiger partial charge in [0.25, 0.3) is 0 Å². The summed E-state index contributed by atoms with van der Waals surface area (Å²) in [5, 5.41) is 11.4. The first kappa shape index (κ1) is 25.2. The van der Waals surface area contributed by atoms with Gasteiger partial charge in [-0.3, -0.25) is 0 Å². The van der Waals surface area contributed by atoms with Crippen molar-refractivity contribution in [3.63, 3.8) is 0 Å². The van der Waals surface area contributed by atoms with E-state index < -0.39 is 23.2 Å². The molecule has 4 rings (SSSR count). The Morgan fingerprint density at radius 2 is 1.45 bits per heavy atom. The average molecular weight is 496 g/mol. The molecular weight excluding hydrogens is 468 g/mol. The molecule has 2 unspecified atom stereocenters. The molecule has 2 aromatic carbocycles. The lowest BCUT2D eigenvalue weighted by Gasteiger charge is -2.44. The molecule has 1 N–H and O–H groups in total. The first-order valence-electron chi connectivity index (χ1n) is 9.68. The summed E-state index contributed by atoms with van der Waals surface area (Å²) >= 11 is 0. The van der Waals surface area contributed by atoms with Crippen molar-refractivity contribution in [2.75, 3.05) is 14.1 Å². The first-order chi connectivity index (χ1) is 13.7. The van der Waals surface area contributed by atoms with Crippen molar-refractivity contribution in [2.24, 2.45) is 0 Å². The number of carbonyl (C=O) groups is 1. The van der Waals surface area contributed by atoms with Gasteiger partial charge in [0.05, 0.1) is 14.1 Å². The molecule has 2 aliphatic rings. The van der Waals surface area contributed by atoms with E-state index in [1.54, 1.807) is 0 Å². The molecule has 0 aliphatic carbocycles. The van der Waals surface area contributed by atoms with Crippen LogP contribution in [0, 0.1) is 11.6 Å². The van der Waals surface area contributed by atoms with Crippen molar-refractivity contribution >= 4 is 5.97 Å². The summed E-state index contributed by atoms with van der Waals surface area (Å²) in [7, 11) is 4.28. The first-order valence-corrected chi connectivity index (χ1v) is 9.68. The normalized spacial score (nSPS) is 23.5. The van der Waals surface area contributed by atoms with Crippen LogP contribution in [0.4, 0.5) is 8.78 Å². The summed E-state index contributed by atoms with van der Waals surface area (Å²) in [6.45, 7) is 0. The van der Waals surface area contributed by atoms with Crippen molar-refractivity contribution in [1.82, 2.24) is 0 Å². The Morgan fingerprint density at radius 3 is 1.87 bits per heavy atom. The lowest BCUT2D eigenvalue weighted by Crippen LogP contribution is -3.00. The molecule has 31 heavy (non-hydrogen) atoms. The number of likely N-dealkylation sites (N-methyl/N-ethyl adjacent to an activating group) is 1. The number of piperidine rings is 1. The number of ether oxygens (including phenoxy) is 1. The number of esters is 1. The monoisotopic (exact) mass is 495 g/mol. The highest BCUT2D eigenvalue weighted by molar-refractivity contribution is 5.85. The zero-order valence-corrected chi connectivity index (χ0v) is 18.4. The number of aliphatic hydroxyl groups is 1. The van der Waals surface area contributed by atoms with Crippen LogP contribution in [0.3, 0.4) is 0 Å². The molecule has 0 aromatic heterocycles. The van der Waals surface area contributed by atoms with Crippen molar-refractivity contribution in [3.05, 3.63) is 83.4 Å². The van der Waals surface area contributed by atoms with Gasteiger partial charge in [-0.15, -0.1) is 0 Å². The van der Waals surface area contributed by atoms with Gasteiger partial charge in [0.1, 0.15) is 29.8 Å². The highest BCUT2D eigenvalue weighted by Crippen LogP contribution is 2.38. The largest absolute Gasteiger partial charge is 1.00 e. The number of benzene rings is 2. The van der Waals surface area contributed by atoms with Crippen LogP contribution in [-0.4, -0.2) is 47.8 Å². The molecule has 2 heterocycles.